The molecular formula is C25H31N5O6. The number of aromatic amines is 1. The van der Waals surface area contributed by atoms with Gasteiger partial charge in [-0.25, -0.2) is 0 Å². The van der Waals surface area contributed by atoms with Gasteiger partial charge in [0.1, 0.15) is 17.5 Å². The summed E-state index contributed by atoms with van der Waals surface area (Å²) in [6, 6.07) is 5.04. The molecule has 1 unspecified atom stereocenters. The minimum absolute atomic E-state index is 0.147. The van der Waals surface area contributed by atoms with Crippen molar-refractivity contribution < 1.29 is 28.7 Å². The molecule has 3 heterocycles. The van der Waals surface area contributed by atoms with Gasteiger partial charge in [-0.1, -0.05) is 6.07 Å². The number of methoxy groups -OCH3 is 1. The number of benzene rings is 1. The average molecular weight is 498 g/mol. The number of amides is 4. The third-order valence-corrected chi connectivity index (χ3v) is 6.89. The second-order valence-electron chi connectivity index (χ2n) is 9.36. The molecule has 0 bridgehead atoms. The van der Waals surface area contributed by atoms with E-state index in [4.69, 9.17) is 4.74 Å². The van der Waals surface area contributed by atoms with E-state index in [1.807, 2.05) is 19.1 Å². The summed E-state index contributed by atoms with van der Waals surface area (Å²) in [6.07, 6.45) is 1.06. The van der Waals surface area contributed by atoms with Gasteiger partial charge in [0.15, 0.2) is 5.78 Å². The highest BCUT2D eigenvalue weighted by Crippen LogP contribution is 2.29. The van der Waals surface area contributed by atoms with E-state index >= 15 is 0 Å². The number of hydrogen-bond acceptors (Lipinski definition) is 6. The number of fused-ring (bicyclic) bond motifs is 1. The fraction of sp³-hybridized carbons (Fsp3) is 0.480. The maximum absolute atomic E-state index is 13.4. The molecule has 4 N–H and O–H groups in total. The lowest BCUT2D eigenvalue weighted by atomic mass is 9.94. The molecule has 192 valence electrons. The van der Waals surface area contributed by atoms with Crippen molar-refractivity contribution in [3.8, 4) is 5.75 Å². The largest absolute Gasteiger partial charge is 0.496 e. The Hall–Kier alpha value is -3.89. The smallest absolute Gasteiger partial charge is 0.268 e. The third kappa shape index (κ3) is 5.05. The average Bonchev–Trinajstić information content (AvgIpc) is 3.53. The van der Waals surface area contributed by atoms with E-state index < -0.39 is 23.9 Å². The number of rotatable bonds is 9. The fourth-order valence-electron chi connectivity index (χ4n) is 5.07. The minimum Gasteiger partial charge on any atom is -0.496 e. The van der Waals surface area contributed by atoms with E-state index in [9.17, 15) is 24.0 Å². The Morgan fingerprint density at radius 3 is 2.69 bits per heavy atom. The molecular weight excluding hydrogens is 466 g/mol. The Balaban J connectivity index is 1.51. The first-order valence-corrected chi connectivity index (χ1v) is 12.0. The van der Waals surface area contributed by atoms with E-state index in [2.05, 4.69) is 20.9 Å². The molecule has 2 aliphatic heterocycles. The molecule has 2 saturated heterocycles. The van der Waals surface area contributed by atoms with Gasteiger partial charge >= 0.3 is 0 Å². The van der Waals surface area contributed by atoms with E-state index in [0.717, 1.165) is 10.9 Å². The lowest BCUT2D eigenvalue weighted by Crippen LogP contribution is -2.52. The van der Waals surface area contributed by atoms with Crippen LogP contribution in [0.15, 0.2) is 24.3 Å². The summed E-state index contributed by atoms with van der Waals surface area (Å²) < 4.78 is 5.35. The van der Waals surface area contributed by atoms with Gasteiger partial charge in [0.25, 0.3) is 5.91 Å². The molecule has 1 aromatic heterocycles. The van der Waals surface area contributed by atoms with E-state index in [1.54, 1.807) is 19.2 Å². The van der Waals surface area contributed by atoms with Crippen LogP contribution in [0.25, 0.3) is 10.9 Å². The number of ketones is 1. The van der Waals surface area contributed by atoms with Crippen LogP contribution in [0.5, 0.6) is 5.75 Å². The minimum atomic E-state index is -0.882. The first-order chi connectivity index (χ1) is 17.2. The Morgan fingerprint density at radius 2 is 2.03 bits per heavy atom. The number of H-pyrrole nitrogens is 1. The van der Waals surface area contributed by atoms with Gasteiger partial charge in [-0.15, -0.1) is 0 Å². The zero-order valence-corrected chi connectivity index (χ0v) is 20.6. The predicted molar refractivity (Wildman–Crippen MR) is 130 cm³/mol. The highest BCUT2D eigenvalue weighted by molar-refractivity contribution is 6.02. The third-order valence-electron chi connectivity index (χ3n) is 6.89. The topological polar surface area (TPSA) is 150 Å². The van der Waals surface area contributed by atoms with Crippen molar-refractivity contribution in [2.75, 3.05) is 20.2 Å². The van der Waals surface area contributed by atoms with Crippen molar-refractivity contribution in [2.45, 2.75) is 51.2 Å². The van der Waals surface area contributed by atoms with Gasteiger partial charge in [0.05, 0.1) is 19.7 Å². The number of carbonyl (C=O) groups is 5. The van der Waals surface area contributed by atoms with Crippen molar-refractivity contribution in [1.29, 1.82) is 0 Å². The number of nitrogens with zero attached hydrogens (tertiary/aromatic N) is 1. The molecule has 11 heteroatoms. The van der Waals surface area contributed by atoms with Gasteiger partial charge in [-0.3, -0.25) is 24.0 Å². The van der Waals surface area contributed by atoms with Crippen LogP contribution in [0.4, 0.5) is 0 Å². The molecule has 0 aliphatic carbocycles. The fourth-order valence-corrected chi connectivity index (χ4v) is 5.07. The Labute approximate surface area is 208 Å². The Morgan fingerprint density at radius 1 is 1.25 bits per heavy atom. The molecule has 2 fully saturated rings. The highest BCUT2D eigenvalue weighted by atomic mass is 16.5. The molecule has 36 heavy (non-hydrogen) atoms. The molecule has 0 saturated carbocycles. The van der Waals surface area contributed by atoms with Gasteiger partial charge in [0.2, 0.25) is 17.7 Å². The summed E-state index contributed by atoms with van der Waals surface area (Å²) in [5, 5.41) is 8.78. The summed E-state index contributed by atoms with van der Waals surface area (Å²) in [7, 11) is 1.55. The SMILES string of the molecule is COc1cccc2[nH]c(C(=O)N[C@H]3CC(C)N([C@@H](C[C@@H]4CCNC4=O)C(=O)CNC(C)=O)C3=O)cc12. The number of likely N-dealkylation sites (tertiary alicyclic amines) is 1. The molecule has 0 radical (unpaired) electrons. The molecule has 2 aromatic rings. The molecule has 11 nitrogen and oxygen atoms in total. The standard InChI is InChI=1S/C25H31N5O6/c1-13-9-19(29-24(34)18-11-16-17(28-18)5-4-6-22(16)36-3)25(35)30(13)20(21(32)12-27-14(2)31)10-15-7-8-26-23(15)33/h4-6,11,13,15,19-20,28H,7-10,12H2,1-3H3,(H,26,33)(H,27,31)(H,29,34)/t13?,15-,19-,20-/m0/s1. The maximum atomic E-state index is 13.4. The van der Waals surface area contributed by atoms with Gasteiger partial charge < -0.3 is 30.6 Å². The van der Waals surface area contributed by atoms with E-state index in [0.29, 0.717) is 25.1 Å². The molecule has 4 atom stereocenters. The summed E-state index contributed by atoms with van der Waals surface area (Å²) in [5.41, 5.74) is 1.01. The summed E-state index contributed by atoms with van der Waals surface area (Å²) >= 11 is 0. The second-order valence-corrected chi connectivity index (χ2v) is 9.36. The van der Waals surface area contributed by atoms with Gasteiger partial charge in [-0.05, 0) is 44.4 Å². The number of ether oxygens (including phenoxy) is 1. The van der Waals surface area contributed by atoms with Gasteiger partial charge in [0, 0.05) is 36.3 Å². The quantitative estimate of drug-likeness (QED) is 0.396. The van der Waals surface area contributed by atoms with Crippen LogP contribution in [-0.4, -0.2) is 77.6 Å². The number of carbonyl (C=O) groups excluding carboxylic acids is 5. The Kier molecular flexibility index (Phi) is 7.27. The van der Waals surface area contributed by atoms with E-state index in [1.165, 1.54) is 11.8 Å². The lowest BCUT2D eigenvalue weighted by Gasteiger charge is -2.32. The maximum Gasteiger partial charge on any atom is 0.268 e. The van der Waals surface area contributed by atoms with Crippen molar-refractivity contribution in [3.63, 3.8) is 0 Å². The Bertz CT molecular complexity index is 1210. The van der Waals surface area contributed by atoms with Gasteiger partial charge in [-0.2, -0.15) is 0 Å². The zero-order chi connectivity index (χ0) is 26.0. The first-order valence-electron chi connectivity index (χ1n) is 12.0. The summed E-state index contributed by atoms with van der Waals surface area (Å²) in [5.74, 6) is -1.46. The number of aromatic nitrogens is 1. The van der Waals surface area contributed by atoms with Crippen LogP contribution in [0, 0.1) is 5.92 Å². The number of hydrogen-bond donors (Lipinski definition) is 4. The van der Waals surface area contributed by atoms with Crippen molar-refractivity contribution >= 4 is 40.3 Å². The molecule has 2 aliphatic rings. The van der Waals surface area contributed by atoms with Crippen molar-refractivity contribution in [2.24, 2.45) is 5.92 Å². The molecule has 4 amide bonds. The zero-order valence-electron chi connectivity index (χ0n) is 20.6. The molecule has 4 rings (SSSR count). The number of Topliss-reactive ketones (excluding diaryl/α,β-unsaturated/α-hetero) is 1. The van der Waals surface area contributed by atoms with Crippen LogP contribution in [0.2, 0.25) is 0 Å². The lowest BCUT2D eigenvalue weighted by molar-refractivity contribution is -0.140. The van der Waals surface area contributed by atoms with Crippen LogP contribution >= 0.6 is 0 Å². The molecule has 0 spiro atoms. The van der Waals surface area contributed by atoms with Crippen LogP contribution in [0.3, 0.4) is 0 Å². The second kappa shape index (κ2) is 10.4. The normalized spacial score (nSPS) is 22.4. The van der Waals surface area contributed by atoms with Crippen LogP contribution < -0.4 is 20.7 Å². The first kappa shape index (κ1) is 25.2. The predicted octanol–water partition coefficient (Wildman–Crippen LogP) is 0.496. The number of nitrogens with one attached hydrogen (secondary N) is 4. The highest BCUT2D eigenvalue weighted by Gasteiger charge is 2.45. The van der Waals surface area contributed by atoms with E-state index in [-0.39, 0.29) is 48.2 Å². The molecule has 1 aromatic carbocycles. The monoisotopic (exact) mass is 497 g/mol. The summed E-state index contributed by atoms with van der Waals surface area (Å²) in [4.78, 5) is 67.6. The van der Waals surface area contributed by atoms with Crippen LogP contribution in [0.1, 0.15) is 43.6 Å². The summed E-state index contributed by atoms with van der Waals surface area (Å²) in [6.45, 7) is 3.40. The van der Waals surface area contributed by atoms with Crippen LogP contribution in [-0.2, 0) is 19.2 Å². The van der Waals surface area contributed by atoms with Crippen molar-refractivity contribution in [1.82, 2.24) is 25.8 Å². The van der Waals surface area contributed by atoms with Crippen molar-refractivity contribution in [3.05, 3.63) is 30.0 Å².